The van der Waals surface area contributed by atoms with Gasteiger partial charge in [0.05, 0.1) is 0 Å². The molecule has 1 aliphatic carbocycles. The fourth-order valence-electron chi connectivity index (χ4n) is 1.66. The maximum atomic E-state index is 10.7. The fourth-order valence-corrected chi connectivity index (χ4v) is 1.66. The molecular formula is C9H17NO. The molecule has 0 aromatic heterocycles. The molecule has 1 saturated carbocycles. The summed E-state index contributed by atoms with van der Waals surface area (Å²) in [6.07, 6.45) is 5.03. The average molecular weight is 155 g/mol. The summed E-state index contributed by atoms with van der Waals surface area (Å²) in [7, 11) is 0. The van der Waals surface area contributed by atoms with Gasteiger partial charge < -0.3 is 5.32 Å². The van der Waals surface area contributed by atoms with E-state index >= 15 is 0 Å². The molecule has 64 valence electrons. The van der Waals surface area contributed by atoms with E-state index in [4.69, 9.17) is 0 Å². The molecule has 0 bridgehead atoms. The van der Waals surface area contributed by atoms with Crippen molar-refractivity contribution in [1.29, 1.82) is 0 Å². The molecule has 0 spiro atoms. The van der Waals surface area contributed by atoms with E-state index in [0.717, 1.165) is 12.3 Å². The molecular weight excluding hydrogens is 138 g/mol. The van der Waals surface area contributed by atoms with Crippen molar-refractivity contribution in [3.63, 3.8) is 0 Å². The van der Waals surface area contributed by atoms with E-state index in [9.17, 15) is 4.79 Å². The summed E-state index contributed by atoms with van der Waals surface area (Å²) in [6, 6.07) is 0.446. The lowest BCUT2D eigenvalue weighted by molar-refractivity contribution is -0.120. The van der Waals surface area contributed by atoms with Gasteiger partial charge in [0.15, 0.2) is 0 Å². The Bertz CT molecular complexity index is 140. The number of rotatable bonds is 3. The number of hydrogen-bond acceptors (Lipinski definition) is 1. The summed E-state index contributed by atoms with van der Waals surface area (Å²) in [5.41, 5.74) is 0. The van der Waals surface area contributed by atoms with E-state index in [1.54, 1.807) is 6.92 Å². The molecule has 0 aromatic rings. The predicted molar refractivity (Wildman–Crippen MR) is 45.2 cm³/mol. The van der Waals surface area contributed by atoms with Gasteiger partial charge in [-0.3, -0.25) is 4.79 Å². The highest BCUT2D eigenvalue weighted by Gasteiger charge is 2.25. The Hall–Kier alpha value is -0.530. The van der Waals surface area contributed by atoms with Crippen LogP contribution in [0.4, 0.5) is 0 Å². The molecule has 0 radical (unpaired) electrons. The highest BCUT2D eigenvalue weighted by atomic mass is 16.1. The summed E-state index contributed by atoms with van der Waals surface area (Å²) in [5, 5.41) is 2.99. The van der Waals surface area contributed by atoms with E-state index in [-0.39, 0.29) is 5.91 Å². The van der Waals surface area contributed by atoms with Crippen LogP contribution in [-0.4, -0.2) is 11.9 Å². The summed E-state index contributed by atoms with van der Waals surface area (Å²) in [4.78, 5) is 10.7. The van der Waals surface area contributed by atoms with Crippen LogP contribution < -0.4 is 5.32 Å². The zero-order valence-electron chi connectivity index (χ0n) is 7.39. The van der Waals surface area contributed by atoms with E-state index < -0.39 is 0 Å². The van der Waals surface area contributed by atoms with Crippen LogP contribution in [0, 0.1) is 5.92 Å². The summed E-state index contributed by atoms with van der Waals surface area (Å²) in [5.74, 6) is 0.882. The third-order valence-electron chi connectivity index (χ3n) is 2.55. The molecule has 1 amide bonds. The minimum Gasteiger partial charge on any atom is -0.353 e. The Morgan fingerprint density at radius 1 is 1.64 bits per heavy atom. The average Bonchev–Trinajstić information content (AvgIpc) is 1.81. The first-order valence-electron chi connectivity index (χ1n) is 4.51. The zero-order valence-corrected chi connectivity index (χ0v) is 7.39. The van der Waals surface area contributed by atoms with Gasteiger partial charge >= 0.3 is 0 Å². The molecule has 1 rings (SSSR count). The number of hydrogen-bond donors (Lipinski definition) is 1. The van der Waals surface area contributed by atoms with Crippen molar-refractivity contribution in [1.82, 2.24) is 5.32 Å². The first kappa shape index (κ1) is 8.57. The lowest BCUT2D eigenvalue weighted by atomic mass is 9.79. The molecule has 1 fully saturated rings. The number of nitrogens with one attached hydrogen (secondary N) is 1. The lowest BCUT2D eigenvalue weighted by Gasteiger charge is -2.33. The Morgan fingerprint density at radius 3 is 2.55 bits per heavy atom. The highest BCUT2D eigenvalue weighted by molar-refractivity contribution is 5.73. The van der Waals surface area contributed by atoms with Crippen LogP contribution in [0.2, 0.25) is 0 Å². The second-order valence-electron chi connectivity index (χ2n) is 3.41. The van der Waals surface area contributed by atoms with Gasteiger partial charge in [0, 0.05) is 13.0 Å². The quantitative estimate of drug-likeness (QED) is 0.660. The topological polar surface area (TPSA) is 29.1 Å². The molecule has 0 aromatic carbocycles. The van der Waals surface area contributed by atoms with Crippen molar-refractivity contribution < 1.29 is 4.79 Å². The summed E-state index contributed by atoms with van der Waals surface area (Å²) in [6.45, 7) is 3.74. The monoisotopic (exact) mass is 155 g/mol. The second-order valence-corrected chi connectivity index (χ2v) is 3.41. The fraction of sp³-hybridized carbons (Fsp3) is 0.889. The third kappa shape index (κ3) is 2.21. The van der Waals surface area contributed by atoms with E-state index in [0.29, 0.717) is 6.04 Å². The van der Waals surface area contributed by atoms with Crippen LogP contribution in [0.1, 0.15) is 39.5 Å². The van der Waals surface area contributed by atoms with Crippen molar-refractivity contribution in [2.24, 2.45) is 5.92 Å². The normalized spacial score (nSPS) is 20.5. The van der Waals surface area contributed by atoms with Crippen LogP contribution in [0.3, 0.4) is 0 Å². The van der Waals surface area contributed by atoms with Crippen LogP contribution in [0.5, 0.6) is 0 Å². The lowest BCUT2D eigenvalue weighted by Crippen LogP contribution is -2.41. The Kier molecular flexibility index (Phi) is 2.92. The Labute approximate surface area is 68.4 Å². The van der Waals surface area contributed by atoms with Crippen molar-refractivity contribution in [3.05, 3.63) is 0 Å². The van der Waals surface area contributed by atoms with Crippen molar-refractivity contribution >= 4 is 5.91 Å². The van der Waals surface area contributed by atoms with Crippen LogP contribution in [-0.2, 0) is 4.79 Å². The van der Waals surface area contributed by atoms with Crippen LogP contribution in [0.15, 0.2) is 0 Å². The van der Waals surface area contributed by atoms with Crippen molar-refractivity contribution in [2.45, 2.75) is 45.6 Å². The van der Waals surface area contributed by atoms with Crippen LogP contribution in [0.25, 0.3) is 0 Å². The zero-order chi connectivity index (χ0) is 8.27. The van der Waals surface area contributed by atoms with E-state index in [1.807, 2.05) is 0 Å². The van der Waals surface area contributed by atoms with Crippen molar-refractivity contribution in [2.75, 3.05) is 0 Å². The predicted octanol–water partition coefficient (Wildman–Crippen LogP) is 1.70. The van der Waals surface area contributed by atoms with Gasteiger partial charge in [-0.05, 0) is 25.2 Å². The molecule has 0 heterocycles. The molecule has 2 nitrogen and oxygen atoms in total. The molecule has 0 aliphatic heterocycles. The number of amides is 1. The second kappa shape index (κ2) is 3.74. The third-order valence-corrected chi connectivity index (χ3v) is 2.55. The maximum Gasteiger partial charge on any atom is 0.217 e. The van der Waals surface area contributed by atoms with Gasteiger partial charge in [-0.15, -0.1) is 0 Å². The Balaban J connectivity index is 2.29. The van der Waals surface area contributed by atoms with Crippen molar-refractivity contribution in [3.8, 4) is 0 Å². The minimum atomic E-state index is 0.115. The van der Waals surface area contributed by atoms with Crippen LogP contribution >= 0.6 is 0 Å². The molecule has 2 heteroatoms. The van der Waals surface area contributed by atoms with Gasteiger partial charge in [-0.2, -0.15) is 0 Å². The molecule has 1 unspecified atom stereocenters. The van der Waals surface area contributed by atoms with Gasteiger partial charge in [0.1, 0.15) is 0 Å². The van der Waals surface area contributed by atoms with Gasteiger partial charge in [-0.1, -0.05) is 13.3 Å². The molecule has 11 heavy (non-hydrogen) atoms. The molecule has 1 aliphatic rings. The standard InChI is InChI=1S/C9H17NO/c1-3-9(10-7(2)11)8-5-4-6-8/h8-9H,3-6H2,1-2H3,(H,10,11). The molecule has 1 N–H and O–H groups in total. The summed E-state index contributed by atoms with van der Waals surface area (Å²) < 4.78 is 0. The van der Waals surface area contributed by atoms with E-state index in [2.05, 4.69) is 12.2 Å². The van der Waals surface area contributed by atoms with Gasteiger partial charge in [0.2, 0.25) is 5.91 Å². The summed E-state index contributed by atoms with van der Waals surface area (Å²) >= 11 is 0. The first-order valence-corrected chi connectivity index (χ1v) is 4.51. The minimum absolute atomic E-state index is 0.115. The largest absolute Gasteiger partial charge is 0.353 e. The van der Waals surface area contributed by atoms with Gasteiger partial charge in [0.25, 0.3) is 0 Å². The smallest absolute Gasteiger partial charge is 0.217 e. The Morgan fingerprint density at radius 2 is 2.27 bits per heavy atom. The van der Waals surface area contributed by atoms with E-state index in [1.165, 1.54) is 19.3 Å². The maximum absolute atomic E-state index is 10.7. The number of carbonyl (C=O) groups is 1. The highest BCUT2D eigenvalue weighted by Crippen LogP contribution is 2.30. The SMILES string of the molecule is CCC(NC(C)=O)C1CCC1. The molecule has 0 saturated heterocycles. The number of carbonyl (C=O) groups excluding carboxylic acids is 1. The first-order chi connectivity index (χ1) is 5.24. The van der Waals surface area contributed by atoms with Gasteiger partial charge in [-0.25, -0.2) is 0 Å². The molecule has 1 atom stereocenters.